The summed E-state index contributed by atoms with van der Waals surface area (Å²) in [5, 5.41) is 3.29. The number of rotatable bonds is 8. The molecule has 3 aromatic carbocycles. The van der Waals surface area contributed by atoms with Crippen LogP contribution in [0, 0.1) is 5.82 Å². The van der Waals surface area contributed by atoms with Crippen LogP contribution in [0.1, 0.15) is 25.0 Å². The van der Waals surface area contributed by atoms with Gasteiger partial charge in [0.15, 0.2) is 9.84 Å². The van der Waals surface area contributed by atoms with E-state index in [1.165, 1.54) is 12.3 Å². The van der Waals surface area contributed by atoms with Crippen LogP contribution in [-0.4, -0.2) is 41.8 Å². The van der Waals surface area contributed by atoms with E-state index in [1.807, 2.05) is 42.5 Å². The number of hydrogen-bond donors (Lipinski definition) is 1. The second-order valence-corrected chi connectivity index (χ2v) is 12.3. The first-order valence-electron chi connectivity index (χ1n) is 13.3. The Morgan fingerprint density at radius 3 is 2.46 bits per heavy atom. The van der Waals surface area contributed by atoms with E-state index in [-0.39, 0.29) is 23.4 Å². The largest absolute Gasteiger partial charge is 0.493 e. The molecule has 0 saturated heterocycles. The van der Waals surface area contributed by atoms with Crippen molar-refractivity contribution < 1.29 is 22.3 Å². The van der Waals surface area contributed by atoms with Gasteiger partial charge in [0.25, 0.3) is 0 Å². The SMILES string of the molecule is CC(C)Oc1ccc(-c2ncn3c(NCc4c(F)ccc5c4CCO5)ncc(-c4ccc(S(C)(=O)=O)cc4)c23)cc1. The smallest absolute Gasteiger partial charge is 0.208 e. The fraction of sp³-hybridized carbons (Fsp3) is 0.226. The Balaban J connectivity index is 1.44. The first-order valence-corrected chi connectivity index (χ1v) is 15.2. The third-order valence-corrected chi connectivity index (χ3v) is 8.15. The van der Waals surface area contributed by atoms with Crippen LogP contribution in [-0.2, 0) is 22.8 Å². The molecule has 0 unspecified atom stereocenters. The lowest BCUT2D eigenvalue weighted by Crippen LogP contribution is -2.09. The molecule has 0 aliphatic carbocycles. The molecule has 10 heteroatoms. The highest BCUT2D eigenvalue weighted by molar-refractivity contribution is 7.90. The van der Waals surface area contributed by atoms with E-state index >= 15 is 0 Å². The molecule has 0 bridgehead atoms. The molecule has 0 atom stereocenters. The predicted molar refractivity (Wildman–Crippen MR) is 156 cm³/mol. The van der Waals surface area contributed by atoms with Gasteiger partial charge in [-0.2, -0.15) is 0 Å². The first kappa shape index (κ1) is 26.8. The summed E-state index contributed by atoms with van der Waals surface area (Å²) < 4.78 is 52.1. The molecule has 8 nitrogen and oxygen atoms in total. The minimum Gasteiger partial charge on any atom is -0.493 e. The predicted octanol–water partition coefficient (Wildman–Crippen LogP) is 5.94. The number of sulfone groups is 1. The number of fused-ring (bicyclic) bond motifs is 2. The molecular formula is C31H29FN4O4S. The summed E-state index contributed by atoms with van der Waals surface area (Å²) >= 11 is 0. The lowest BCUT2D eigenvalue weighted by molar-refractivity contribution is 0.242. The quantitative estimate of drug-likeness (QED) is 0.246. The van der Waals surface area contributed by atoms with Crippen LogP contribution in [0.15, 0.2) is 78.1 Å². The maximum Gasteiger partial charge on any atom is 0.208 e. The van der Waals surface area contributed by atoms with E-state index in [9.17, 15) is 12.8 Å². The van der Waals surface area contributed by atoms with Gasteiger partial charge in [0.05, 0.1) is 28.8 Å². The topological polar surface area (TPSA) is 94.8 Å². The highest BCUT2D eigenvalue weighted by Gasteiger charge is 2.21. The highest BCUT2D eigenvalue weighted by atomic mass is 32.2. The molecule has 0 spiro atoms. The molecule has 0 fully saturated rings. The number of anilines is 1. The minimum atomic E-state index is -3.34. The van der Waals surface area contributed by atoms with Gasteiger partial charge in [0.2, 0.25) is 5.95 Å². The number of nitrogens with zero attached hydrogens (tertiary/aromatic N) is 3. The summed E-state index contributed by atoms with van der Waals surface area (Å²) in [6.45, 7) is 4.70. The Bertz CT molecular complexity index is 1850. The van der Waals surface area contributed by atoms with Gasteiger partial charge in [-0.05, 0) is 67.9 Å². The summed E-state index contributed by atoms with van der Waals surface area (Å²) in [4.78, 5) is 9.64. The van der Waals surface area contributed by atoms with Crippen molar-refractivity contribution in [2.75, 3.05) is 18.2 Å². The second-order valence-electron chi connectivity index (χ2n) is 10.2. The second kappa shape index (κ2) is 10.5. The summed E-state index contributed by atoms with van der Waals surface area (Å²) in [7, 11) is -3.34. The molecule has 6 rings (SSSR count). The maximum absolute atomic E-state index is 14.8. The van der Waals surface area contributed by atoms with Crippen LogP contribution >= 0.6 is 0 Å². The molecule has 0 saturated carbocycles. The van der Waals surface area contributed by atoms with Crippen molar-refractivity contribution in [3.05, 3.63) is 90.1 Å². The first-order chi connectivity index (χ1) is 19.7. The molecule has 2 aromatic heterocycles. The Labute approximate surface area is 237 Å². The number of aromatic nitrogens is 3. The Morgan fingerprint density at radius 2 is 1.76 bits per heavy atom. The minimum absolute atomic E-state index is 0.0535. The van der Waals surface area contributed by atoms with Crippen molar-refractivity contribution in [1.82, 2.24) is 14.4 Å². The summed E-state index contributed by atoms with van der Waals surface area (Å²) in [5.74, 6) is 1.67. The summed E-state index contributed by atoms with van der Waals surface area (Å²) in [5.41, 5.74) is 5.34. The summed E-state index contributed by atoms with van der Waals surface area (Å²) in [6.07, 6.45) is 5.30. The number of hydrogen-bond acceptors (Lipinski definition) is 7. The molecule has 0 amide bonds. The zero-order valence-corrected chi connectivity index (χ0v) is 23.7. The van der Waals surface area contributed by atoms with Gasteiger partial charge in [-0.3, -0.25) is 4.40 Å². The fourth-order valence-corrected chi connectivity index (χ4v) is 5.72. The van der Waals surface area contributed by atoms with Crippen molar-refractivity contribution in [2.24, 2.45) is 0 Å². The summed E-state index contributed by atoms with van der Waals surface area (Å²) in [6, 6.07) is 17.5. The van der Waals surface area contributed by atoms with Crippen LogP contribution in [0.5, 0.6) is 11.5 Å². The maximum atomic E-state index is 14.8. The number of imidazole rings is 1. The van der Waals surface area contributed by atoms with Crippen molar-refractivity contribution in [2.45, 2.75) is 37.8 Å². The third-order valence-electron chi connectivity index (χ3n) is 7.02. The van der Waals surface area contributed by atoms with Gasteiger partial charge in [-0.1, -0.05) is 12.1 Å². The van der Waals surface area contributed by atoms with Crippen molar-refractivity contribution >= 4 is 21.3 Å². The average Bonchev–Trinajstić information content (AvgIpc) is 3.60. The molecule has 210 valence electrons. The lowest BCUT2D eigenvalue weighted by atomic mass is 10.0. The van der Waals surface area contributed by atoms with E-state index in [1.54, 1.807) is 42.9 Å². The molecular weight excluding hydrogens is 543 g/mol. The number of nitrogens with one attached hydrogen (secondary N) is 1. The van der Waals surface area contributed by atoms with E-state index in [0.717, 1.165) is 33.5 Å². The van der Waals surface area contributed by atoms with E-state index in [0.29, 0.717) is 36.0 Å². The van der Waals surface area contributed by atoms with Crippen LogP contribution < -0.4 is 14.8 Å². The van der Waals surface area contributed by atoms with Crippen molar-refractivity contribution in [3.63, 3.8) is 0 Å². The molecule has 1 aliphatic heterocycles. The lowest BCUT2D eigenvalue weighted by Gasteiger charge is -2.14. The van der Waals surface area contributed by atoms with E-state index in [4.69, 9.17) is 14.5 Å². The zero-order chi connectivity index (χ0) is 28.7. The standard InChI is InChI=1S/C31H29FN4O4S/c1-19(2)40-22-8-4-21(5-9-22)29-30-25(20-6-10-23(11-7-20)41(3,37)38)16-33-31(36(30)18-35-29)34-17-26-24-14-15-39-28(24)13-12-27(26)32/h4-13,16,18-19H,14-15,17H2,1-3H3,(H,33,34). The average molecular weight is 573 g/mol. The fourth-order valence-electron chi connectivity index (χ4n) is 5.09. The van der Waals surface area contributed by atoms with Crippen molar-refractivity contribution in [3.8, 4) is 33.9 Å². The molecule has 41 heavy (non-hydrogen) atoms. The molecule has 5 aromatic rings. The van der Waals surface area contributed by atoms with Gasteiger partial charge >= 0.3 is 0 Å². The van der Waals surface area contributed by atoms with Crippen LogP contribution in [0.4, 0.5) is 10.3 Å². The van der Waals surface area contributed by atoms with Gasteiger partial charge in [0.1, 0.15) is 23.6 Å². The third kappa shape index (κ3) is 5.22. The molecule has 1 N–H and O–H groups in total. The number of benzene rings is 3. The zero-order valence-electron chi connectivity index (χ0n) is 22.9. The molecule has 1 aliphatic rings. The van der Waals surface area contributed by atoms with Gasteiger partial charge < -0.3 is 14.8 Å². The normalized spacial score (nSPS) is 12.9. The number of ether oxygens (including phenoxy) is 2. The molecule has 0 radical (unpaired) electrons. The van der Waals surface area contributed by atoms with Crippen molar-refractivity contribution in [1.29, 1.82) is 0 Å². The Kier molecular flexibility index (Phi) is 6.86. The van der Waals surface area contributed by atoms with Crippen LogP contribution in [0.2, 0.25) is 0 Å². The monoisotopic (exact) mass is 572 g/mol. The van der Waals surface area contributed by atoms with E-state index < -0.39 is 9.84 Å². The Hall–Kier alpha value is -4.44. The van der Waals surface area contributed by atoms with Crippen LogP contribution in [0.3, 0.4) is 0 Å². The Morgan fingerprint density at radius 1 is 1.02 bits per heavy atom. The van der Waals surface area contributed by atoms with E-state index in [2.05, 4.69) is 10.3 Å². The highest BCUT2D eigenvalue weighted by Crippen LogP contribution is 2.35. The van der Waals surface area contributed by atoms with Gasteiger partial charge in [0, 0.05) is 47.7 Å². The number of halogens is 1. The van der Waals surface area contributed by atoms with Gasteiger partial charge in [-0.15, -0.1) is 0 Å². The molecule has 3 heterocycles. The van der Waals surface area contributed by atoms with Crippen LogP contribution in [0.25, 0.3) is 27.9 Å². The van der Waals surface area contributed by atoms with Gasteiger partial charge in [-0.25, -0.2) is 22.8 Å².